The van der Waals surface area contributed by atoms with Crippen LogP contribution < -0.4 is 4.74 Å². The molecule has 0 aliphatic heterocycles. The molecule has 0 atom stereocenters. The van der Waals surface area contributed by atoms with Crippen molar-refractivity contribution in [3.8, 4) is 11.5 Å². The number of benzene rings is 1. The van der Waals surface area contributed by atoms with Gasteiger partial charge in [0.25, 0.3) is 0 Å². The molecular weight excluding hydrogens is 152 g/mol. The predicted octanol–water partition coefficient (Wildman–Crippen LogP) is 0.875. The molecule has 3 heteroatoms. The molecule has 0 radical (unpaired) electrons. The second kappa shape index (κ2) is 5.26. The van der Waals surface area contributed by atoms with E-state index in [0.717, 1.165) is 0 Å². The summed E-state index contributed by atoms with van der Waals surface area (Å²) in [5, 5.41) is 9.12. The minimum absolute atomic E-state index is 0. The van der Waals surface area contributed by atoms with Gasteiger partial charge >= 0.3 is 23.1 Å². The van der Waals surface area contributed by atoms with E-state index in [1.807, 2.05) is 13.0 Å². The molecule has 0 saturated carbocycles. The van der Waals surface area contributed by atoms with Gasteiger partial charge in [0.2, 0.25) is 0 Å². The van der Waals surface area contributed by atoms with Crippen LogP contribution in [0, 0.1) is 0 Å². The third kappa shape index (κ3) is 2.99. The second-order valence-corrected chi connectivity index (χ2v) is 1.90. The van der Waals surface area contributed by atoms with E-state index in [-0.39, 0.29) is 28.8 Å². The molecule has 1 N–H and O–H groups in total. The van der Waals surface area contributed by atoms with Gasteiger partial charge in [0.1, 0.15) is 0 Å². The minimum Gasteiger partial charge on any atom is -0.504 e. The van der Waals surface area contributed by atoms with Crippen molar-refractivity contribution in [2.45, 2.75) is 6.92 Å². The summed E-state index contributed by atoms with van der Waals surface area (Å²) in [4.78, 5) is 0. The monoisotopic (exact) mass is 164 g/mol. The van der Waals surface area contributed by atoms with Crippen LogP contribution in [0.4, 0.5) is 0 Å². The van der Waals surface area contributed by atoms with Gasteiger partial charge in [-0.1, -0.05) is 12.1 Å². The lowest BCUT2D eigenvalue weighted by Crippen LogP contribution is -1.90. The molecule has 0 aliphatic carbocycles. The Kier molecular flexibility index (Phi) is 5.07. The van der Waals surface area contributed by atoms with Gasteiger partial charge in [-0.3, -0.25) is 0 Å². The fraction of sp³-hybridized carbons (Fsp3) is 0.250. The van der Waals surface area contributed by atoms with E-state index in [0.29, 0.717) is 12.4 Å². The fourth-order valence-electron chi connectivity index (χ4n) is 0.735. The second-order valence-electron chi connectivity index (χ2n) is 1.90. The highest BCUT2D eigenvalue weighted by Gasteiger charge is 1.96. The summed E-state index contributed by atoms with van der Waals surface area (Å²) >= 11 is 0. The Hall–Kier alpha value is -0.414. The Balaban J connectivity index is 0.000001000. The van der Waals surface area contributed by atoms with Crippen LogP contribution >= 0.6 is 0 Å². The van der Waals surface area contributed by atoms with Gasteiger partial charge in [-0.25, -0.2) is 0 Å². The van der Waals surface area contributed by atoms with Crippen molar-refractivity contribution in [3.05, 3.63) is 24.3 Å². The number of ether oxygens (including phenoxy) is 1. The molecule has 0 fully saturated rings. The van der Waals surface area contributed by atoms with E-state index in [9.17, 15) is 0 Å². The van der Waals surface area contributed by atoms with Gasteiger partial charge < -0.3 is 9.84 Å². The molecule has 58 valence electrons. The highest BCUT2D eigenvalue weighted by atomic mass is 24.3. The molecule has 0 aliphatic rings. The molecular formula is C8H12MgO2. The zero-order valence-corrected chi connectivity index (χ0v) is 5.87. The first-order valence-electron chi connectivity index (χ1n) is 3.25. The summed E-state index contributed by atoms with van der Waals surface area (Å²) < 4.78 is 5.09. The number of para-hydroxylation sites is 2. The lowest BCUT2D eigenvalue weighted by molar-refractivity contribution is 0.318. The maximum Gasteiger partial charge on any atom is 0.316 e. The molecule has 1 aromatic rings. The zero-order chi connectivity index (χ0) is 7.40. The summed E-state index contributed by atoms with van der Waals surface area (Å²) in [6.45, 7) is 2.46. The fourth-order valence-corrected chi connectivity index (χ4v) is 0.735. The summed E-state index contributed by atoms with van der Waals surface area (Å²) in [7, 11) is 0. The van der Waals surface area contributed by atoms with E-state index >= 15 is 0 Å². The third-order valence-electron chi connectivity index (χ3n) is 1.17. The predicted molar refractivity (Wildman–Crippen MR) is 47.8 cm³/mol. The standard InChI is InChI=1S/C8H10O2.Mg.2H/c1-2-10-8-6-4-3-5-7(8)9;;;/h3-6,9H,2H2,1H3;;;. The van der Waals surface area contributed by atoms with Gasteiger partial charge in [0.05, 0.1) is 6.61 Å². The number of hydrogen-bond acceptors (Lipinski definition) is 2. The lowest BCUT2D eigenvalue weighted by Gasteiger charge is -2.02. The average Bonchev–Trinajstić information content (AvgIpc) is 1.94. The zero-order valence-electron chi connectivity index (χ0n) is 5.87. The van der Waals surface area contributed by atoms with E-state index in [1.54, 1.807) is 18.2 Å². The van der Waals surface area contributed by atoms with Crippen LogP contribution in [0.5, 0.6) is 11.5 Å². The van der Waals surface area contributed by atoms with Gasteiger partial charge in [-0.15, -0.1) is 0 Å². The Morgan fingerprint density at radius 1 is 1.36 bits per heavy atom. The molecule has 1 aromatic carbocycles. The van der Waals surface area contributed by atoms with Crippen molar-refractivity contribution in [3.63, 3.8) is 0 Å². The van der Waals surface area contributed by atoms with Gasteiger partial charge in [0.15, 0.2) is 11.5 Å². The first kappa shape index (κ1) is 10.6. The van der Waals surface area contributed by atoms with E-state index in [4.69, 9.17) is 9.84 Å². The molecule has 0 unspecified atom stereocenters. The summed E-state index contributed by atoms with van der Waals surface area (Å²) in [5.41, 5.74) is 0. The maximum atomic E-state index is 9.12. The first-order valence-corrected chi connectivity index (χ1v) is 3.25. The van der Waals surface area contributed by atoms with Crippen molar-refractivity contribution >= 4 is 23.1 Å². The maximum absolute atomic E-state index is 9.12. The molecule has 0 bridgehead atoms. The van der Waals surface area contributed by atoms with Crippen molar-refractivity contribution in [2.75, 3.05) is 6.61 Å². The molecule has 0 spiro atoms. The smallest absolute Gasteiger partial charge is 0.316 e. The van der Waals surface area contributed by atoms with Crippen LogP contribution in [-0.2, 0) is 0 Å². The van der Waals surface area contributed by atoms with E-state index < -0.39 is 0 Å². The van der Waals surface area contributed by atoms with E-state index in [1.165, 1.54) is 0 Å². The van der Waals surface area contributed by atoms with Gasteiger partial charge in [0, 0.05) is 0 Å². The number of aromatic hydroxyl groups is 1. The van der Waals surface area contributed by atoms with Crippen molar-refractivity contribution in [1.29, 1.82) is 0 Å². The van der Waals surface area contributed by atoms with Gasteiger partial charge in [-0.2, -0.15) is 0 Å². The van der Waals surface area contributed by atoms with Crippen LogP contribution in [0.2, 0.25) is 0 Å². The summed E-state index contributed by atoms with van der Waals surface area (Å²) in [5.74, 6) is 0.745. The highest BCUT2D eigenvalue weighted by Crippen LogP contribution is 2.23. The quantitative estimate of drug-likeness (QED) is 0.658. The molecule has 0 saturated heterocycles. The summed E-state index contributed by atoms with van der Waals surface area (Å²) in [6.07, 6.45) is 0. The topological polar surface area (TPSA) is 29.5 Å². The SMILES string of the molecule is CCOc1ccccc1O.[MgH2]. The molecule has 11 heavy (non-hydrogen) atoms. The number of hydrogen-bond donors (Lipinski definition) is 1. The number of rotatable bonds is 2. The van der Waals surface area contributed by atoms with Crippen molar-refractivity contribution in [1.82, 2.24) is 0 Å². The summed E-state index contributed by atoms with van der Waals surface area (Å²) in [6, 6.07) is 6.92. The Morgan fingerprint density at radius 3 is 2.55 bits per heavy atom. The Morgan fingerprint density at radius 2 is 2.00 bits per heavy atom. The van der Waals surface area contributed by atoms with Crippen molar-refractivity contribution in [2.24, 2.45) is 0 Å². The van der Waals surface area contributed by atoms with Crippen LogP contribution in [0.15, 0.2) is 24.3 Å². The largest absolute Gasteiger partial charge is 0.504 e. The molecule has 0 aromatic heterocycles. The Labute approximate surface area is 82.3 Å². The van der Waals surface area contributed by atoms with Crippen LogP contribution in [0.3, 0.4) is 0 Å². The number of phenolic OH excluding ortho intramolecular Hbond substituents is 1. The molecule has 2 nitrogen and oxygen atoms in total. The van der Waals surface area contributed by atoms with Crippen molar-refractivity contribution < 1.29 is 9.84 Å². The van der Waals surface area contributed by atoms with Crippen LogP contribution in [0.25, 0.3) is 0 Å². The lowest BCUT2D eigenvalue weighted by atomic mass is 10.3. The highest BCUT2D eigenvalue weighted by molar-refractivity contribution is 5.75. The average molecular weight is 164 g/mol. The van der Waals surface area contributed by atoms with E-state index in [2.05, 4.69) is 0 Å². The Bertz CT molecular complexity index is 213. The normalized spacial score (nSPS) is 8.45. The van der Waals surface area contributed by atoms with Crippen LogP contribution in [0.1, 0.15) is 6.92 Å². The molecule has 0 heterocycles. The first-order chi connectivity index (χ1) is 4.84. The minimum atomic E-state index is 0. The number of phenols is 1. The molecule has 0 amide bonds. The van der Waals surface area contributed by atoms with Crippen LogP contribution in [-0.4, -0.2) is 34.8 Å². The molecule has 1 rings (SSSR count). The third-order valence-corrected chi connectivity index (χ3v) is 1.17. The van der Waals surface area contributed by atoms with Gasteiger partial charge in [-0.05, 0) is 19.1 Å².